The van der Waals surface area contributed by atoms with E-state index >= 15 is 0 Å². The summed E-state index contributed by atoms with van der Waals surface area (Å²) in [6, 6.07) is 4.86. The van der Waals surface area contributed by atoms with Crippen LogP contribution in [-0.4, -0.2) is 46.3 Å². The van der Waals surface area contributed by atoms with Crippen LogP contribution in [0.4, 0.5) is 5.82 Å². The summed E-state index contributed by atoms with van der Waals surface area (Å²) in [5.74, 6) is 1.20. The zero-order valence-electron chi connectivity index (χ0n) is 15.4. The van der Waals surface area contributed by atoms with Gasteiger partial charge in [0.15, 0.2) is 11.0 Å². The van der Waals surface area contributed by atoms with Gasteiger partial charge in [0, 0.05) is 12.4 Å². The molecule has 0 spiro atoms. The van der Waals surface area contributed by atoms with Crippen molar-refractivity contribution in [3.63, 3.8) is 0 Å². The summed E-state index contributed by atoms with van der Waals surface area (Å²) in [7, 11) is 2.08. The number of anilines is 1. The first-order valence-electron chi connectivity index (χ1n) is 8.02. The molecule has 1 N–H and O–H groups in total. The Kier molecular flexibility index (Phi) is 8.25. The average molecular weight is 443 g/mol. The van der Waals surface area contributed by atoms with Gasteiger partial charge >= 0.3 is 0 Å². The number of hydrogen-bond acceptors (Lipinski definition) is 6. The molecule has 0 amide bonds. The normalized spacial score (nSPS) is 11.8. The topological polar surface area (TPSA) is 76.6 Å². The van der Waals surface area contributed by atoms with E-state index in [0.717, 1.165) is 0 Å². The molecule has 1 aromatic carbocycles. The highest BCUT2D eigenvalue weighted by molar-refractivity contribution is 7.86. The van der Waals surface area contributed by atoms with Crippen LogP contribution in [0.5, 0.6) is 5.88 Å². The van der Waals surface area contributed by atoms with Crippen LogP contribution in [0.15, 0.2) is 60.2 Å². The maximum absolute atomic E-state index is 12.6. The molecule has 0 aliphatic rings. The molecule has 0 saturated heterocycles. The molecule has 7 nitrogen and oxygen atoms in total. The highest BCUT2D eigenvalue weighted by atomic mass is 35.5. The molecule has 1 atom stereocenters. The number of hydrogen-bond donors (Lipinski definition) is 1. The monoisotopic (exact) mass is 442 g/mol. The molecule has 0 aliphatic heterocycles. The molecule has 0 saturated carbocycles. The molecular weight excluding hydrogens is 423 g/mol. The summed E-state index contributed by atoms with van der Waals surface area (Å²) in [6.07, 6.45) is 2.89. The molecular formula is C18H20Cl2N4O3S. The smallest absolute Gasteiger partial charge is 0.258 e. The zero-order chi connectivity index (χ0) is 20.7. The Bertz CT molecular complexity index is 893. The Morgan fingerprint density at radius 3 is 2.64 bits per heavy atom. The van der Waals surface area contributed by atoms with Crippen molar-refractivity contribution in [3.8, 4) is 5.88 Å². The Balaban J connectivity index is 2.03. The van der Waals surface area contributed by atoms with Crippen molar-refractivity contribution in [2.45, 2.75) is 4.90 Å². The van der Waals surface area contributed by atoms with Gasteiger partial charge < -0.3 is 14.4 Å². The quantitative estimate of drug-likeness (QED) is 0.562. The van der Waals surface area contributed by atoms with Crippen LogP contribution in [0.2, 0.25) is 10.0 Å². The Hall–Kier alpha value is -2.13. The van der Waals surface area contributed by atoms with Crippen molar-refractivity contribution >= 4 is 40.0 Å². The lowest BCUT2D eigenvalue weighted by Crippen LogP contribution is -2.17. The highest BCUT2D eigenvalue weighted by Crippen LogP contribution is 2.29. The maximum atomic E-state index is 12.6. The first-order chi connectivity index (χ1) is 13.3. The van der Waals surface area contributed by atoms with E-state index in [-0.39, 0.29) is 23.3 Å². The molecule has 2 rings (SSSR count). The number of halogens is 2. The van der Waals surface area contributed by atoms with Crippen molar-refractivity contribution in [2.75, 3.05) is 32.0 Å². The van der Waals surface area contributed by atoms with Gasteiger partial charge in [-0.3, -0.25) is 4.72 Å². The van der Waals surface area contributed by atoms with E-state index in [0.29, 0.717) is 28.0 Å². The SMILES string of the molecule is C=C(COc1nccnc1NS(=O)c1cccc(Cl)c1Cl)OC(=C)CN(C)C. The summed E-state index contributed by atoms with van der Waals surface area (Å²) >= 11 is 12.1. The van der Waals surface area contributed by atoms with Gasteiger partial charge in [0.05, 0.1) is 21.5 Å². The van der Waals surface area contributed by atoms with Crippen molar-refractivity contribution in [1.82, 2.24) is 14.9 Å². The van der Waals surface area contributed by atoms with Gasteiger partial charge in [0.1, 0.15) is 18.1 Å². The fraction of sp³-hybridized carbons (Fsp3) is 0.222. The molecule has 1 aromatic heterocycles. The molecule has 2 aromatic rings. The number of benzene rings is 1. The van der Waals surface area contributed by atoms with Crippen LogP contribution >= 0.6 is 23.2 Å². The molecule has 0 radical (unpaired) electrons. The Morgan fingerprint density at radius 2 is 1.93 bits per heavy atom. The van der Waals surface area contributed by atoms with Gasteiger partial charge in [0.2, 0.25) is 5.82 Å². The molecule has 0 aliphatic carbocycles. The fourth-order valence-electron chi connectivity index (χ4n) is 2.04. The third-order valence-corrected chi connectivity index (χ3v) is 5.17. The minimum atomic E-state index is -1.72. The van der Waals surface area contributed by atoms with E-state index in [1.807, 2.05) is 19.0 Å². The van der Waals surface area contributed by atoms with Crippen molar-refractivity contribution < 1.29 is 13.7 Å². The van der Waals surface area contributed by atoms with Crippen molar-refractivity contribution in [1.29, 1.82) is 0 Å². The number of likely N-dealkylation sites (N-methyl/N-ethyl adjacent to an activating group) is 1. The second kappa shape index (κ2) is 10.4. The molecule has 10 heteroatoms. The zero-order valence-corrected chi connectivity index (χ0v) is 17.8. The third kappa shape index (κ3) is 6.49. The van der Waals surface area contributed by atoms with Gasteiger partial charge in [0.25, 0.3) is 5.88 Å². The van der Waals surface area contributed by atoms with Crippen LogP contribution in [0.3, 0.4) is 0 Å². The standard InChI is InChI=1S/C18H20Cl2N4O3S/c1-12(10-24(3)4)27-13(2)11-26-18-17(21-8-9-22-18)23-28(25)15-7-5-6-14(19)16(15)20/h5-9H,1-2,10-11H2,3-4H3,(H,21,23). The van der Waals surface area contributed by atoms with Gasteiger partial charge in [-0.15, -0.1) is 0 Å². The van der Waals surface area contributed by atoms with Crippen LogP contribution in [-0.2, 0) is 15.7 Å². The number of rotatable bonds is 10. The number of nitrogens with one attached hydrogen (secondary N) is 1. The van der Waals surface area contributed by atoms with Crippen LogP contribution in [0, 0.1) is 0 Å². The van der Waals surface area contributed by atoms with Crippen LogP contribution in [0.25, 0.3) is 0 Å². The third-order valence-electron chi connectivity index (χ3n) is 3.12. The Morgan fingerprint density at radius 1 is 1.21 bits per heavy atom. The van der Waals surface area contributed by atoms with Gasteiger partial charge in [-0.05, 0) is 26.2 Å². The maximum Gasteiger partial charge on any atom is 0.258 e. The van der Waals surface area contributed by atoms with Gasteiger partial charge in [-0.2, -0.15) is 0 Å². The molecule has 28 heavy (non-hydrogen) atoms. The van der Waals surface area contributed by atoms with Crippen LogP contribution in [0.1, 0.15) is 0 Å². The van der Waals surface area contributed by atoms with E-state index in [1.165, 1.54) is 12.4 Å². The predicted octanol–water partition coefficient (Wildman–Crippen LogP) is 3.90. The van der Waals surface area contributed by atoms with Gasteiger partial charge in [-0.1, -0.05) is 42.4 Å². The molecule has 1 unspecified atom stereocenters. The summed E-state index contributed by atoms with van der Waals surface area (Å²) in [5, 5.41) is 0.499. The fourth-order valence-corrected chi connectivity index (χ4v) is 3.51. The second-order valence-electron chi connectivity index (χ2n) is 5.84. The number of ether oxygens (including phenoxy) is 2. The molecule has 150 valence electrons. The van der Waals surface area contributed by atoms with Crippen LogP contribution < -0.4 is 9.46 Å². The largest absolute Gasteiger partial charge is 0.467 e. The van der Waals surface area contributed by atoms with Crippen molar-refractivity contribution in [3.05, 3.63) is 65.3 Å². The lowest BCUT2D eigenvalue weighted by Gasteiger charge is -2.16. The first-order valence-corrected chi connectivity index (χ1v) is 9.93. The predicted molar refractivity (Wildman–Crippen MR) is 112 cm³/mol. The Labute approximate surface area is 176 Å². The van der Waals surface area contributed by atoms with E-state index in [4.69, 9.17) is 32.7 Å². The summed E-state index contributed by atoms with van der Waals surface area (Å²) < 4.78 is 26.4. The number of nitrogens with zero attached hydrogens (tertiary/aromatic N) is 3. The summed E-state index contributed by atoms with van der Waals surface area (Å²) in [5.41, 5.74) is 0. The van der Waals surface area contributed by atoms with E-state index in [1.54, 1.807) is 18.2 Å². The first kappa shape index (κ1) is 22.2. The average Bonchev–Trinajstić information content (AvgIpc) is 2.62. The van der Waals surface area contributed by atoms with Gasteiger partial charge in [-0.25, -0.2) is 14.2 Å². The van der Waals surface area contributed by atoms with Crippen molar-refractivity contribution in [2.24, 2.45) is 0 Å². The summed E-state index contributed by atoms with van der Waals surface area (Å²) in [4.78, 5) is 10.4. The molecule has 1 heterocycles. The lowest BCUT2D eigenvalue weighted by atomic mass is 10.4. The number of aromatic nitrogens is 2. The van der Waals surface area contributed by atoms with E-state index in [9.17, 15) is 4.21 Å². The minimum Gasteiger partial charge on any atom is -0.467 e. The highest BCUT2D eigenvalue weighted by Gasteiger charge is 2.15. The minimum absolute atomic E-state index is 0.0182. The molecule has 0 fully saturated rings. The second-order valence-corrected chi connectivity index (χ2v) is 7.81. The summed E-state index contributed by atoms with van der Waals surface area (Å²) in [6.45, 7) is 8.17. The van der Waals surface area contributed by atoms with E-state index < -0.39 is 11.0 Å². The lowest BCUT2D eigenvalue weighted by molar-refractivity contribution is 0.208. The molecule has 0 bridgehead atoms. The van der Waals surface area contributed by atoms with E-state index in [2.05, 4.69) is 27.8 Å².